The number of nitrogens with two attached hydrogens (primary N) is 1. The van der Waals surface area contributed by atoms with Crippen LogP contribution in [0.2, 0.25) is 0 Å². The fourth-order valence-corrected chi connectivity index (χ4v) is 0.389. The third-order valence-corrected chi connectivity index (χ3v) is 0.587. The van der Waals surface area contributed by atoms with Gasteiger partial charge in [0.2, 0.25) is 0 Å². The molecule has 4 heteroatoms. The van der Waals surface area contributed by atoms with Gasteiger partial charge in [-0.05, 0) is 20.8 Å². The van der Waals surface area contributed by atoms with Crippen molar-refractivity contribution in [1.82, 2.24) is 0 Å². The first-order chi connectivity index (χ1) is 4.45. The summed E-state index contributed by atoms with van der Waals surface area (Å²) in [5, 5.41) is 3.02. The maximum absolute atomic E-state index is 10.6. The molecule has 0 radical (unpaired) electrons. The standard InChI is InChI=1S/C6H12N2O2/c1-6(2,3)10-5(9)4-8-7/h4H,7H2,1-3H3. The summed E-state index contributed by atoms with van der Waals surface area (Å²) in [6, 6.07) is 0. The van der Waals surface area contributed by atoms with E-state index < -0.39 is 11.6 Å². The molecule has 2 N–H and O–H groups in total. The monoisotopic (exact) mass is 144 g/mol. The summed E-state index contributed by atoms with van der Waals surface area (Å²) in [7, 11) is 0. The van der Waals surface area contributed by atoms with Gasteiger partial charge < -0.3 is 10.6 Å². The van der Waals surface area contributed by atoms with Gasteiger partial charge in [-0.25, -0.2) is 4.79 Å². The number of nitrogens with zero attached hydrogens (tertiary/aromatic N) is 1. The fraction of sp³-hybridized carbons (Fsp3) is 0.667. The third-order valence-electron chi connectivity index (χ3n) is 0.587. The Kier molecular flexibility index (Phi) is 2.86. The second-order valence-corrected chi connectivity index (χ2v) is 2.81. The van der Waals surface area contributed by atoms with Gasteiger partial charge in [0.25, 0.3) is 0 Å². The van der Waals surface area contributed by atoms with Gasteiger partial charge in [-0.15, -0.1) is 0 Å². The Labute approximate surface area is 60.0 Å². The quantitative estimate of drug-likeness (QED) is 0.249. The summed E-state index contributed by atoms with van der Waals surface area (Å²) >= 11 is 0. The van der Waals surface area contributed by atoms with E-state index in [2.05, 4.69) is 5.10 Å². The average Bonchev–Trinajstić information content (AvgIpc) is 1.59. The number of esters is 1. The van der Waals surface area contributed by atoms with E-state index in [1.54, 1.807) is 20.8 Å². The first-order valence-corrected chi connectivity index (χ1v) is 2.92. The lowest BCUT2D eigenvalue weighted by molar-refractivity contribution is -0.145. The molecule has 0 saturated carbocycles. The third kappa shape index (κ3) is 5.08. The largest absolute Gasteiger partial charge is 0.456 e. The van der Waals surface area contributed by atoms with E-state index in [1.807, 2.05) is 0 Å². The van der Waals surface area contributed by atoms with Crippen molar-refractivity contribution in [1.29, 1.82) is 0 Å². The summed E-state index contributed by atoms with van der Waals surface area (Å²) in [6.45, 7) is 5.32. The van der Waals surface area contributed by atoms with E-state index >= 15 is 0 Å². The number of hydrogen-bond donors (Lipinski definition) is 1. The van der Waals surface area contributed by atoms with Crippen molar-refractivity contribution in [3.05, 3.63) is 0 Å². The molecule has 0 aliphatic heterocycles. The molecule has 0 aromatic heterocycles. The second kappa shape index (κ2) is 3.20. The number of carbonyl (C=O) groups excluding carboxylic acids is 1. The minimum absolute atomic E-state index is 0.474. The fourth-order valence-electron chi connectivity index (χ4n) is 0.389. The first kappa shape index (κ1) is 8.94. The Morgan fingerprint density at radius 2 is 2.10 bits per heavy atom. The first-order valence-electron chi connectivity index (χ1n) is 2.92. The molecule has 0 saturated heterocycles. The van der Waals surface area contributed by atoms with Crippen molar-refractivity contribution in [2.45, 2.75) is 26.4 Å². The summed E-state index contributed by atoms with van der Waals surface area (Å²) in [4.78, 5) is 10.6. The number of hydrazone groups is 1. The molecule has 0 unspecified atom stereocenters. The van der Waals surface area contributed by atoms with Crippen LogP contribution in [0.4, 0.5) is 0 Å². The highest BCUT2D eigenvalue weighted by Gasteiger charge is 2.13. The Morgan fingerprint density at radius 3 is 2.40 bits per heavy atom. The minimum Gasteiger partial charge on any atom is -0.456 e. The molecule has 0 aromatic rings. The molecule has 0 heterocycles. The van der Waals surface area contributed by atoms with Crippen LogP contribution in [0.5, 0.6) is 0 Å². The highest BCUT2D eigenvalue weighted by atomic mass is 16.6. The van der Waals surface area contributed by atoms with E-state index in [4.69, 9.17) is 10.6 Å². The van der Waals surface area contributed by atoms with Crippen molar-refractivity contribution in [3.8, 4) is 0 Å². The highest BCUT2D eigenvalue weighted by Crippen LogP contribution is 2.05. The SMILES string of the molecule is CC(C)(C)OC(=O)C=NN. The highest BCUT2D eigenvalue weighted by molar-refractivity contribution is 6.23. The van der Waals surface area contributed by atoms with Gasteiger partial charge in [0.15, 0.2) is 0 Å². The lowest BCUT2D eigenvalue weighted by Gasteiger charge is -2.17. The molecule has 0 rings (SSSR count). The average molecular weight is 144 g/mol. The number of carbonyl (C=O) groups is 1. The van der Waals surface area contributed by atoms with Crippen LogP contribution in [0, 0.1) is 0 Å². The van der Waals surface area contributed by atoms with Gasteiger partial charge >= 0.3 is 5.97 Å². The molecule has 0 amide bonds. The van der Waals surface area contributed by atoms with Gasteiger partial charge in [-0.3, -0.25) is 0 Å². The second-order valence-electron chi connectivity index (χ2n) is 2.81. The smallest absolute Gasteiger partial charge is 0.351 e. The van der Waals surface area contributed by atoms with Crippen LogP contribution in [0.1, 0.15) is 20.8 Å². The van der Waals surface area contributed by atoms with Gasteiger partial charge in [-0.2, -0.15) is 5.10 Å². The molecule has 0 aromatic carbocycles. The van der Waals surface area contributed by atoms with E-state index in [-0.39, 0.29) is 0 Å². The van der Waals surface area contributed by atoms with E-state index in [0.717, 1.165) is 6.21 Å². The van der Waals surface area contributed by atoms with Crippen molar-refractivity contribution in [2.24, 2.45) is 10.9 Å². The van der Waals surface area contributed by atoms with Crippen molar-refractivity contribution in [3.63, 3.8) is 0 Å². The zero-order valence-corrected chi connectivity index (χ0v) is 6.42. The van der Waals surface area contributed by atoms with Crippen LogP contribution < -0.4 is 5.84 Å². The van der Waals surface area contributed by atoms with Crippen molar-refractivity contribution < 1.29 is 9.53 Å². The Morgan fingerprint density at radius 1 is 1.60 bits per heavy atom. The summed E-state index contributed by atoms with van der Waals surface area (Å²) in [5.74, 6) is 4.20. The molecule has 58 valence electrons. The summed E-state index contributed by atoms with van der Waals surface area (Å²) in [6.07, 6.45) is 0.936. The van der Waals surface area contributed by atoms with Crippen LogP contribution in [0.25, 0.3) is 0 Å². The Hall–Kier alpha value is -1.06. The van der Waals surface area contributed by atoms with Crippen molar-refractivity contribution >= 4 is 12.2 Å². The Bertz CT molecular complexity index is 146. The zero-order chi connectivity index (χ0) is 8.20. The van der Waals surface area contributed by atoms with E-state index in [0.29, 0.717) is 0 Å². The van der Waals surface area contributed by atoms with Crippen LogP contribution in [-0.2, 0) is 9.53 Å². The summed E-state index contributed by atoms with van der Waals surface area (Å²) in [5.41, 5.74) is -0.474. The lowest BCUT2D eigenvalue weighted by atomic mass is 10.2. The molecule has 4 nitrogen and oxygen atoms in total. The summed E-state index contributed by atoms with van der Waals surface area (Å²) < 4.78 is 4.81. The van der Waals surface area contributed by atoms with Gasteiger partial charge in [0.05, 0.1) is 0 Å². The predicted molar refractivity (Wildman–Crippen MR) is 38.5 cm³/mol. The van der Waals surface area contributed by atoms with E-state index in [9.17, 15) is 4.79 Å². The maximum atomic E-state index is 10.6. The van der Waals surface area contributed by atoms with Crippen LogP contribution >= 0.6 is 0 Å². The Balaban J connectivity index is 3.81. The normalized spacial score (nSPS) is 11.9. The predicted octanol–water partition coefficient (Wildman–Crippen LogP) is 0.273. The van der Waals surface area contributed by atoms with Crippen LogP contribution in [0.3, 0.4) is 0 Å². The number of rotatable bonds is 1. The topological polar surface area (TPSA) is 64.7 Å². The van der Waals surface area contributed by atoms with Crippen LogP contribution in [-0.4, -0.2) is 17.8 Å². The molecule has 0 aliphatic carbocycles. The van der Waals surface area contributed by atoms with Gasteiger partial charge in [0.1, 0.15) is 11.8 Å². The maximum Gasteiger partial charge on any atom is 0.351 e. The van der Waals surface area contributed by atoms with Crippen molar-refractivity contribution in [2.75, 3.05) is 0 Å². The molecule has 0 spiro atoms. The molecular formula is C6H12N2O2. The molecular weight excluding hydrogens is 132 g/mol. The zero-order valence-electron chi connectivity index (χ0n) is 6.42. The van der Waals surface area contributed by atoms with Gasteiger partial charge in [0, 0.05) is 0 Å². The lowest BCUT2D eigenvalue weighted by Crippen LogP contribution is -2.24. The van der Waals surface area contributed by atoms with E-state index in [1.165, 1.54) is 0 Å². The minimum atomic E-state index is -0.519. The van der Waals surface area contributed by atoms with Gasteiger partial charge in [-0.1, -0.05) is 0 Å². The molecule has 0 aliphatic rings. The van der Waals surface area contributed by atoms with Crippen LogP contribution in [0.15, 0.2) is 5.10 Å². The number of ether oxygens (including phenoxy) is 1. The molecule has 0 fully saturated rings. The molecule has 0 bridgehead atoms. The number of hydrogen-bond acceptors (Lipinski definition) is 4. The molecule has 10 heavy (non-hydrogen) atoms. The molecule has 0 atom stereocenters.